The predicted octanol–water partition coefficient (Wildman–Crippen LogP) is 5.01. The zero-order valence-electron chi connectivity index (χ0n) is 15.7. The lowest BCUT2D eigenvalue weighted by Gasteiger charge is -2.21. The average molecular weight is 364 g/mol. The fraction of sp³-hybridized carbons (Fsp3) is 0.273. The topological polar surface area (TPSA) is 55.6 Å². The molecule has 0 saturated heterocycles. The van der Waals surface area contributed by atoms with Gasteiger partial charge < -0.3 is 9.15 Å². The number of amides is 1. The number of hydrogen-bond donors (Lipinski definition) is 0. The van der Waals surface area contributed by atoms with Gasteiger partial charge in [-0.05, 0) is 61.9 Å². The first-order valence-corrected chi connectivity index (χ1v) is 9.18. The van der Waals surface area contributed by atoms with E-state index < -0.39 is 0 Å². The minimum Gasteiger partial charge on any atom is -0.494 e. The van der Waals surface area contributed by atoms with Gasteiger partial charge in [-0.1, -0.05) is 19.4 Å². The van der Waals surface area contributed by atoms with Crippen LogP contribution in [0.1, 0.15) is 41.6 Å². The second kappa shape index (κ2) is 9.03. The molecule has 1 aromatic carbocycles. The van der Waals surface area contributed by atoms with Crippen LogP contribution in [0.4, 0.5) is 5.82 Å². The number of aryl methyl sites for hydroxylation is 1. The van der Waals surface area contributed by atoms with Gasteiger partial charge in [-0.15, -0.1) is 0 Å². The molecule has 0 unspecified atom stereocenters. The first-order chi connectivity index (χ1) is 13.2. The third kappa shape index (κ3) is 4.97. The van der Waals surface area contributed by atoms with E-state index in [1.165, 1.54) is 0 Å². The Bertz CT molecular complexity index is 857. The van der Waals surface area contributed by atoms with E-state index in [-0.39, 0.29) is 5.91 Å². The predicted molar refractivity (Wildman–Crippen MR) is 105 cm³/mol. The van der Waals surface area contributed by atoms with Crippen LogP contribution in [0.3, 0.4) is 0 Å². The first kappa shape index (κ1) is 18.7. The number of benzene rings is 1. The van der Waals surface area contributed by atoms with Crippen molar-refractivity contribution in [2.24, 2.45) is 0 Å². The van der Waals surface area contributed by atoms with E-state index in [1.807, 2.05) is 49.4 Å². The molecular formula is C22H24N2O3. The molecule has 3 aromatic rings. The summed E-state index contributed by atoms with van der Waals surface area (Å²) in [6, 6.07) is 16.5. The van der Waals surface area contributed by atoms with Crippen LogP contribution >= 0.6 is 0 Å². The van der Waals surface area contributed by atoms with Gasteiger partial charge in [0, 0.05) is 11.8 Å². The Balaban J connectivity index is 1.80. The Morgan fingerprint density at radius 2 is 1.93 bits per heavy atom. The molecule has 0 radical (unpaired) electrons. The normalized spacial score (nSPS) is 10.6. The number of carbonyl (C=O) groups excluding carboxylic acids is 1. The van der Waals surface area contributed by atoms with E-state index in [0.29, 0.717) is 30.3 Å². The van der Waals surface area contributed by atoms with Crippen LogP contribution in [-0.2, 0) is 6.54 Å². The van der Waals surface area contributed by atoms with Crippen molar-refractivity contribution in [2.45, 2.75) is 33.2 Å². The summed E-state index contributed by atoms with van der Waals surface area (Å²) in [4.78, 5) is 19.1. The van der Waals surface area contributed by atoms with Crippen molar-refractivity contribution >= 4 is 11.7 Å². The molecule has 0 atom stereocenters. The number of anilines is 1. The van der Waals surface area contributed by atoms with E-state index in [0.717, 1.165) is 24.4 Å². The van der Waals surface area contributed by atoms with Crippen molar-refractivity contribution in [3.8, 4) is 5.75 Å². The SMILES string of the molecule is CCCCOc1ccc(C(=O)N(Cc2ccc(C)o2)c2ccccn2)cc1. The van der Waals surface area contributed by atoms with Crippen LogP contribution < -0.4 is 9.64 Å². The molecule has 0 fully saturated rings. The number of furan rings is 1. The van der Waals surface area contributed by atoms with Gasteiger partial charge in [0.15, 0.2) is 0 Å². The number of hydrogen-bond acceptors (Lipinski definition) is 4. The molecule has 0 aliphatic rings. The molecule has 5 heteroatoms. The molecule has 2 heterocycles. The van der Waals surface area contributed by atoms with Crippen molar-refractivity contribution in [2.75, 3.05) is 11.5 Å². The van der Waals surface area contributed by atoms with Crippen LogP contribution in [-0.4, -0.2) is 17.5 Å². The molecule has 0 N–H and O–H groups in total. The molecule has 3 rings (SSSR count). The minimum atomic E-state index is -0.136. The van der Waals surface area contributed by atoms with Crippen LogP contribution in [0.15, 0.2) is 65.2 Å². The molecule has 1 amide bonds. The number of nitrogens with zero attached hydrogens (tertiary/aromatic N) is 2. The Morgan fingerprint density at radius 1 is 1.11 bits per heavy atom. The molecule has 5 nitrogen and oxygen atoms in total. The van der Waals surface area contributed by atoms with Gasteiger partial charge in [-0.3, -0.25) is 9.69 Å². The number of ether oxygens (including phenoxy) is 1. The maximum Gasteiger partial charge on any atom is 0.259 e. The van der Waals surface area contributed by atoms with Crippen molar-refractivity contribution in [3.63, 3.8) is 0 Å². The Hall–Kier alpha value is -3.08. The fourth-order valence-corrected chi connectivity index (χ4v) is 2.68. The van der Waals surface area contributed by atoms with Crippen LogP contribution in [0, 0.1) is 6.92 Å². The summed E-state index contributed by atoms with van der Waals surface area (Å²) in [5.74, 6) is 2.74. The highest BCUT2D eigenvalue weighted by Crippen LogP contribution is 2.20. The van der Waals surface area contributed by atoms with E-state index in [1.54, 1.807) is 23.2 Å². The van der Waals surface area contributed by atoms with Gasteiger partial charge in [0.2, 0.25) is 0 Å². The standard InChI is InChI=1S/C22H24N2O3/c1-3-4-15-26-19-12-9-18(10-13-19)22(25)24(21-7-5-6-14-23-21)16-20-11-8-17(2)27-20/h5-14H,3-4,15-16H2,1-2H3. The Kier molecular flexibility index (Phi) is 6.26. The Morgan fingerprint density at radius 3 is 2.56 bits per heavy atom. The number of aromatic nitrogens is 1. The monoisotopic (exact) mass is 364 g/mol. The zero-order valence-corrected chi connectivity index (χ0v) is 15.7. The molecule has 0 spiro atoms. The molecular weight excluding hydrogens is 340 g/mol. The van der Waals surface area contributed by atoms with Crippen molar-refractivity contribution < 1.29 is 13.9 Å². The van der Waals surface area contributed by atoms with E-state index >= 15 is 0 Å². The van der Waals surface area contributed by atoms with E-state index in [2.05, 4.69) is 11.9 Å². The quantitative estimate of drug-likeness (QED) is 0.527. The molecule has 2 aromatic heterocycles. The minimum absolute atomic E-state index is 0.136. The average Bonchev–Trinajstić information content (AvgIpc) is 3.12. The Labute approximate surface area is 159 Å². The van der Waals surface area contributed by atoms with Crippen molar-refractivity contribution in [1.29, 1.82) is 0 Å². The van der Waals surface area contributed by atoms with Gasteiger partial charge in [0.1, 0.15) is 23.1 Å². The molecule has 27 heavy (non-hydrogen) atoms. The van der Waals surface area contributed by atoms with E-state index in [9.17, 15) is 4.79 Å². The molecule has 0 aliphatic heterocycles. The molecule has 140 valence electrons. The number of pyridine rings is 1. The summed E-state index contributed by atoms with van der Waals surface area (Å²) < 4.78 is 11.3. The summed E-state index contributed by atoms with van der Waals surface area (Å²) in [7, 11) is 0. The summed E-state index contributed by atoms with van der Waals surface area (Å²) >= 11 is 0. The fourth-order valence-electron chi connectivity index (χ4n) is 2.68. The highest BCUT2D eigenvalue weighted by molar-refractivity contribution is 6.05. The van der Waals surface area contributed by atoms with Gasteiger partial charge in [-0.25, -0.2) is 4.98 Å². The highest BCUT2D eigenvalue weighted by Gasteiger charge is 2.20. The first-order valence-electron chi connectivity index (χ1n) is 9.18. The van der Waals surface area contributed by atoms with E-state index in [4.69, 9.17) is 9.15 Å². The smallest absolute Gasteiger partial charge is 0.259 e. The summed E-state index contributed by atoms with van der Waals surface area (Å²) in [6.07, 6.45) is 3.77. The van der Waals surface area contributed by atoms with Gasteiger partial charge in [-0.2, -0.15) is 0 Å². The second-order valence-electron chi connectivity index (χ2n) is 6.32. The maximum atomic E-state index is 13.1. The molecule has 0 bridgehead atoms. The van der Waals surface area contributed by atoms with Crippen molar-refractivity contribution in [1.82, 2.24) is 4.98 Å². The third-order valence-corrected chi connectivity index (χ3v) is 4.15. The van der Waals surface area contributed by atoms with Gasteiger partial charge >= 0.3 is 0 Å². The van der Waals surface area contributed by atoms with Crippen LogP contribution in [0.2, 0.25) is 0 Å². The van der Waals surface area contributed by atoms with Gasteiger partial charge in [0.25, 0.3) is 5.91 Å². The summed E-state index contributed by atoms with van der Waals surface area (Å²) in [5, 5.41) is 0. The van der Waals surface area contributed by atoms with Crippen LogP contribution in [0.25, 0.3) is 0 Å². The lowest BCUT2D eigenvalue weighted by Crippen LogP contribution is -2.31. The number of carbonyl (C=O) groups is 1. The zero-order chi connectivity index (χ0) is 19.1. The molecule has 0 aliphatic carbocycles. The summed E-state index contributed by atoms with van der Waals surface area (Å²) in [5.41, 5.74) is 0.576. The van der Waals surface area contributed by atoms with Crippen molar-refractivity contribution in [3.05, 3.63) is 77.9 Å². The summed E-state index contributed by atoms with van der Waals surface area (Å²) in [6.45, 7) is 5.01. The maximum absolute atomic E-state index is 13.1. The second-order valence-corrected chi connectivity index (χ2v) is 6.32. The largest absolute Gasteiger partial charge is 0.494 e. The van der Waals surface area contributed by atoms with Crippen LogP contribution in [0.5, 0.6) is 5.75 Å². The highest BCUT2D eigenvalue weighted by atomic mass is 16.5. The third-order valence-electron chi connectivity index (χ3n) is 4.15. The molecule has 0 saturated carbocycles. The lowest BCUT2D eigenvalue weighted by molar-refractivity contribution is 0.0982. The number of unbranched alkanes of at least 4 members (excludes halogenated alkanes) is 1. The van der Waals surface area contributed by atoms with Gasteiger partial charge in [0.05, 0.1) is 13.2 Å². The lowest BCUT2D eigenvalue weighted by atomic mass is 10.2. The number of rotatable bonds is 8.